The summed E-state index contributed by atoms with van der Waals surface area (Å²) in [5.41, 5.74) is 0.392. The SMILES string of the molecule is COc1c(NC(c2cc(F)cc(F)c2)C(O)CNC2(c3cccc(C(C)(C)C)c3)CCC(=NO)CC2)c(=O)c1=O. The summed E-state index contributed by atoms with van der Waals surface area (Å²) in [7, 11) is 1.23. The Hall–Kier alpha value is -3.63. The van der Waals surface area contributed by atoms with Crippen molar-refractivity contribution in [3.05, 3.63) is 91.2 Å². The van der Waals surface area contributed by atoms with Crippen molar-refractivity contribution in [3.63, 3.8) is 0 Å². The molecule has 2 atom stereocenters. The number of halogens is 2. The third kappa shape index (κ3) is 5.93. The minimum Gasteiger partial charge on any atom is -0.491 e. The van der Waals surface area contributed by atoms with Crippen LogP contribution in [0.1, 0.15) is 69.2 Å². The van der Waals surface area contributed by atoms with E-state index in [4.69, 9.17) is 4.74 Å². The molecule has 1 aliphatic carbocycles. The van der Waals surface area contributed by atoms with E-state index in [-0.39, 0.29) is 29.0 Å². The lowest BCUT2D eigenvalue weighted by atomic mass is 9.74. The number of ether oxygens (including phenoxy) is 1. The molecule has 2 unspecified atom stereocenters. The van der Waals surface area contributed by atoms with Gasteiger partial charge in [0.1, 0.15) is 17.3 Å². The Morgan fingerprint density at radius 2 is 1.70 bits per heavy atom. The van der Waals surface area contributed by atoms with Crippen molar-refractivity contribution in [2.45, 2.75) is 69.6 Å². The third-order valence-electron chi connectivity index (χ3n) is 7.75. The fourth-order valence-corrected chi connectivity index (χ4v) is 5.34. The molecule has 0 aromatic heterocycles. The number of rotatable bonds is 9. The van der Waals surface area contributed by atoms with E-state index in [1.54, 1.807) is 0 Å². The van der Waals surface area contributed by atoms with Gasteiger partial charge in [0, 0.05) is 18.2 Å². The number of benzene rings is 2. The minimum absolute atomic E-state index is 0.0289. The Labute approximate surface area is 231 Å². The molecular formula is C30H35F2N3O5. The molecule has 1 saturated carbocycles. The average Bonchev–Trinajstić information content (AvgIpc) is 2.92. The van der Waals surface area contributed by atoms with Crippen molar-refractivity contribution in [3.8, 4) is 5.75 Å². The molecule has 40 heavy (non-hydrogen) atoms. The van der Waals surface area contributed by atoms with E-state index in [1.165, 1.54) is 7.11 Å². The second-order valence-electron chi connectivity index (χ2n) is 11.4. The van der Waals surface area contributed by atoms with E-state index < -0.39 is 40.2 Å². The molecule has 3 aromatic rings. The van der Waals surface area contributed by atoms with Gasteiger partial charge in [0.25, 0.3) is 10.9 Å². The molecule has 8 nitrogen and oxygen atoms in total. The van der Waals surface area contributed by atoms with E-state index in [2.05, 4.69) is 48.7 Å². The van der Waals surface area contributed by atoms with Gasteiger partial charge in [0.2, 0.25) is 0 Å². The number of nitrogens with zero attached hydrogens (tertiary/aromatic N) is 1. The van der Waals surface area contributed by atoms with Crippen LogP contribution in [0.15, 0.2) is 57.2 Å². The first kappa shape index (κ1) is 29.4. The lowest BCUT2D eigenvalue weighted by Crippen LogP contribution is -2.50. The Morgan fingerprint density at radius 3 is 2.27 bits per heavy atom. The Morgan fingerprint density at radius 1 is 1.05 bits per heavy atom. The van der Waals surface area contributed by atoms with Gasteiger partial charge in [-0.2, -0.15) is 0 Å². The highest BCUT2D eigenvalue weighted by Crippen LogP contribution is 2.38. The topological polar surface area (TPSA) is 120 Å². The molecule has 10 heteroatoms. The van der Waals surface area contributed by atoms with Crippen molar-refractivity contribution in [1.82, 2.24) is 5.32 Å². The van der Waals surface area contributed by atoms with Crippen LogP contribution in [0.2, 0.25) is 0 Å². The van der Waals surface area contributed by atoms with E-state index >= 15 is 0 Å². The Balaban J connectivity index is 1.67. The van der Waals surface area contributed by atoms with Gasteiger partial charge >= 0.3 is 0 Å². The number of nitrogens with one attached hydrogen (secondary N) is 2. The largest absolute Gasteiger partial charge is 0.491 e. The van der Waals surface area contributed by atoms with Gasteiger partial charge < -0.3 is 25.7 Å². The Kier molecular flexibility index (Phi) is 8.41. The standard InChI is InChI=1S/C30H35F2N3O5/c1-29(2,3)18-6-5-7-19(14-18)30(10-8-22(35-39)9-11-30)33-16-23(36)24(17-12-20(31)15-21(32)13-17)34-25-26(37)27(38)28(25)40-4/h5-7,12-15,23-24,33-34,36,39H,8-11,16H2,1-4H3. The average molecular weight is 556 g/mol. The summed E-state index contributed by atoms with van der Waals surface area (Å²) in [6.45, 7) is 6.34. The van der Waals surface area contributed by atoms with E-state index in [0.29, 0.717) is 37.5 Å². The summed E-state index contributed by atoms with van der Waals surface area (Å²) in [6, 6.07) is 9.89. The molecule has 0 aliphatic heterocycles. The second-order valence-corrected chi connectivity index (χ2v) is 11.4. The molecule has 214 valence electrons. The van der Waals surface area contributed by atoms with E-state index in [1.807, 2.05) is 12.1 Å². The van der Waals surface area contributed by atoms with Gasteiger partial charge in [0.15, 0.2) is 5.75 Å². The number of aliphatic hydroxyl groups is 1. The van der Waals surface area contributed by atoms with Gasteiger partial charge in [-0.1, -0.05) is 50.2 Å². The molecule has 4 rings (SSSR count). The van der Waals surface area contributed by atoms with Crippen LogP contribution in [0, 0.1) is 11.6 Å². The van der Waals surface area contributed by atoms with Crippen LogP contribution in [-0.2, 0) is 11.0 Å². The summed E-state index contributed by atoms with van der Waals surface area (Å²) in [5.74, 6) is -1.90. The van der Waals surface area contributed by atoms with Crippen LogP contribution in [0.3, 0.4) is 0 Å². The highest BCUT2D eigenvalue weighted by Gasteiger charge is 2.38. The summed E-state index contributed by atoms with van der Waals surface area (Å²) < 4.78 is 33.4. The van der Waals surface area contributed by atoms with E-state index in [9.17, 15) is 28.7 Å². The zero-order valence-electron chi connectivity index (χ0n) is 23.1. The van der Waals surface area contributed by atoms with Gasteiger partial charge in [-0.3, -0.25) is 9.59 Å². The van der Waals surface area contributed by atoms with Crippen molar-refractivity contribution in [1.29, 1.82) is 0 Å². The zero-order valence-corrected chi connectivity index (χ0v) is 23.1. The van der Waals surface area contributed by atoms with Gasteiger partial charge in [-0.15, -0.1) is 0 Å². The highest BCUT2D eigenvalue weighted by molar-refractivity contribution is 5.85. The fraction of sp³-hybridized carbons (Fsp3) is 0.433. The monoisotopic (exact) mass is 555 g/mol. The normalized spacial score (nSPS) is 19.3. The molecular weight excluding hydrogens is 520 g/mol. The predicted octanol–water partition coefficient (Wildman–Crippen LogP) is 4.27. The van der Waals surface area contributed by atoms with Crippen molar-refractivity contribution in [2.24, 2.45) is 5.16 Å². The van der Waals surface area contributed by atoms with Crippen LogP contribution >= 0.6 is 0 Å². The van der Waals surface area contributed by atoms with Crippen molar-refractivity contribution in [2.75, 3.05) is 19.0 Å². The smallest absolute Gasteiger partial charge is 0.271 e. The number of methoxy groups -OCH3 is 1. The molecule has 0 spiro atoms. The molecule has 1 aliphatic rings. The van der Waals surface area contributed by atoms with Crippen LogP contribution < -0.4 is 26.2 Å². The van der Waals surface area contributed by atoms with Crippen LogP contribution in [0.5, 0.6) is 5.75 Å². The number of hydrogen-bond donors (Lipinski definition) is 4. The summed E-state index contributed by atoms with van der Waals surface area (Å²) in [4.78, 5) is 24.1. The van der Waals surface area contributed by atoms with Gasteiger partial charge in [-0.25, -0.2) is 8.78 Å². The summed E-state index contributed by atoms with van der Waals surface area (Å²) >= 11 is 0. The second kappa shape index (κ2) is 11.5. The van der Waals surface area contributed by atoms with Crippen LogP contribution in [-0.4, -0.2) is 35.8 Å². The maximum Gasteiger partial charge on any atom is 0.271 e. The number of aliphatic hydroxyl groups excluding tert-OH is 1. The quantitative estimate of drug-likeness (QED) is 0.177. The summed E-state index contributed by atoms with van der Waals surface area (Å²) in [6.07, 6.45) is 0.968. The van der Waals surface area contributed by atoms with E-state index in [0.717, 1.165) is 23.3 Å². The molecule has 0 amide bonds. The first-order valence-electron chi connectivity index (χ1n) is 13.2. The highest BCUT2D eigenvalue weighted by atomic mass is 19.1. The number of hydrogen-bond acceptors (Lipinski definition) is 8. The lowest BCUT2D eigenvalue weighted by Gasteiger charge is -2.41. The molecule has 0 bridgehead atoms. The fourth-order valence-electron chi connectivity index (χ4n) is 5.34. The maximum atomic E-state index is 14.2. The Bertz CT molecular complexity index is 1440. The molecule has 0 radical (unpaired) electrons. The van der Waals surface area contributed by atoms with Crippen molar-refractivity contribution >= 4 is 11.4 Å². The van der Waals surface area contributed by atoms with Crippen molar-refractivity contribution < 1.29 is 23.8 Å². The molecule has 0 saturated heterocycles. The van der Waals surface area contributed by atoms with Crippen LogP contribution in [0.25, 0.3) is 0 Å². The third-order valence-corrected chi connectivity index (χ3v) is 7.75. The summed E-state index contributed by atoms with van der Waals surface area (Å²) in [5, 5.41) is 30.4. The number of oxime groups is 1. The van der Waals surface area contributed by atoms with Crippen LogP contribution in [0.4, 0.5) is 14.5 Å². The molecule has 4 N–H and O–H groups in total. The number of anilines is 1. The molecule has 0 heterocycles. The molecule has 3 aromatic carbocycles. The zero-order chi connectivity index (χ0) is 29.2. The maximum absolute atomic E-state index is 14.2. The lowest BCUT2D eigenvalue weighted by molar-refractivity contribution is 0.127. The predicted molar refractivity (Wildman–Crippen MR) is 149 cm³/mol. The first-order valence-corrected chi connectivity index (χ1v) is 13.2. The van der Waals surface area contributed by atoms with Gasteiger partial charge in [-0.05, 0) is 59.9 Å². The minimum atomic E-state index is -1.29. The first-order chi connectivity index (χ1) is 18.9. The molecule has 1 fully saturated rings. The van der Waals surface area contributed by atoms with Gasteiger partial charge in [0.05, 0.1) is 25.0 Å².